The summed E-state index contributed by atoms with van der Waals surface area (Å²) in [6, 6.07) is 3.89. The van der Waals surface area contributed by atoms with Crippen LogP contribution in [0.3, 0.4) is 0 Å². The molecule has 0 aliphatic heterocycles. The van der Waals surface area contributed by atoms with Crippen molar-refractivity contribution in [2.75, 3.05) is 26.4 Å². The first-order chi connectivity index (χ1) is 8.26. The molecule has 0 spiro atoms. The first-order valence-electron chi connectivity index (χ1n) is 5.76. The third kappa shape index (κ3) is 5.68. The second-order valence-electron chi connectivity index (χ2n) is 3.76. The molecular weight excluding hydrogens is 234 g/mol. The summed E-state index contributed by atoms with van der Waals surface area (Å²) in [4.78, 5) is 4.17. The Balaban J connectivity index is 2.19. The molecule has 0 saturated carbocycles. The van der Waals surface area contributed by atoms with Crippen molar-refractivity contribution in [3.8, 4) is 0 Å². The van der Waals surface area contributed by atoms with Gasteiger partial charge in [-0.1, -0.05) is 6.92 Å². The first kappa shape index (κ1) is 14.0. The normalized spacial score (nSPS) is 13.5. The molecule has 1 atom stereocenters. The van der Waals surface area contributed by atoms with Gasteiger partial charge in [-0.25, -0.2) is 0 Å². The third-order valence-corrected chi connectivity index (χ3v) is 3.40. The highest BCUT2D eigenvalue weighted by Gasteiger charge is 2.02. The van der Waals surface area contributed by atoms with E-state index < -0.39 is 0 Å². The van der Waals surface area contributed by atoms with Crippen molar-refractivity contribution in [3.63, 3.8) is 0 Å². The summed E-state index contributed by atoms with van der Waals surface area (Å²) < 4.78 is 5.26. The molecule has 1 aromatic rings. The quantitative estimate of drug-likeness (QED) is 0.600. The van der Waals surface area contributed by atoms with Crippen LogP contribution in [0.5, 0.6) is 0 Å². The van der Waals surface area contributed by atoms with Crippen molar-refractivity contribution in [1.82, 2.24) is 10.6 Å². The fourth-order valence-electron chi connectivity index (χ4n) is 1.30. The fraction of sp³-hybridized carbons (Fsp3) is 0.583. The Morgan fingerprint density at radius 1 is 1.53 bits per heavy atom. The summed E-state index contributed by atoms with van der Waals surface area (Å²) in [7, 11) is 1.78. The van der Waals surface area contributed by atoms with Crippen molar-refractivity contribution in [3.05, 3.63) is 24.2 Å². The van der Waals surface area contributed by atoms with Crippen molar-refractivity contribution < 1.29 is 4.42 Å². The highest BCUT2D eigenvalue weighted by atomic mass is 32.2. The topological polar surface area (TPSA) is 49.6 Å². The van der Waals surface area contributed by atoms with Gasteiger partial charge in [0.25, 0.3) is 0 Å². The molecule has 4 nitrogen and oxygen atoms in total. The smallest absolute Gasteiger partial charge is 0.191 e. The van der Waals surface area contributed by atoms with Crippen molar-refractivity contribution in [2.45, 2.75) is 18.6 Å². The van der Waals surface area contributed by atoms with Crippen LogP contribution in [0.1, 0.15) is 12.7 Å². The highest BCUT2D eigenvalue weighted by Crippen LogP contribution is 2.02. The summed E-state index contributed by atoms with van der Waals surface area (Å²) in [5.74, 6) is 1.84. The number of guanidine groups is 1. The highest BCUT2D eigenvalue weighted by molar-refractivity contribution is 7.99. The molecule has 1 heterocycles. The molecule has 0 amide bonds. The minimum atomic E-state index is 0.582. The van der Waals surface area contributed by atoms with E-state index in [4.69, 9.17) is 4.42 Å². The number of hydrogen-bond donors (Lipinski definition) is 2. The predicted octanol–water partition coefficient (Wildman–Crippen LogP) is 1.74. The first-order valence-corrected chi connectivity index (χ1v) is 7.04. The van der Waals surface area contributed by atoms with Crippen LogP contribution in [0.25, 0.3) is 0 Å². The van der Waals surface area contributed by atoms with E-state index in [9.17, 15) is 0 Å². The van der Waals surface area contributed by atoms with Crippen molar-refractivity contribution >= 4 is 17.7 Å². The van der Waals surface area contributed by atoms with Crippen LogP contribution in [0.2, 0.25) is 0 Å². The maximum Gasteiger partial charge on any atom is 0.191 e. The molecule has 0 aliphatic rings. The van der Waals surface area contributed by atoms with Crippen LogP contribution in [0, 0.1) is 0 Å². The molecular formula is C12H21N3OS. The summed E-state index contributed by atoms with van der Waals surface area (Å²) in [5.41, 5.74) is 0. The largest absolute Gasteiger partial charge is 0.469 e. The second kappa shape index (κ2) is 8.06. The van der Waals surface area contributed by atoms with Crippen molar-refractivity contribution in [2.24, 2.45) is 4.99 Å². The molecule has 0 bridgehead atoms. The molecule has 1 unspecified atom stereocenters. The molecule has 2 N–H and O–H groups in total. The van der Waals surface area contributed by atoms with Gasteiger partial charge in [-0.05, 0) is 18.4 Å². The molecule has 1 rings (SSSR count). The molecule has 17 heavy (non-hydrogen) atoms. The average Bonchev–Trinajstić information content (AvgIpc) is 2.86. The SMILES string of the molecule is CN=C(NCCc1ccco1)NCC(C)SC. The Labute approximate surface area is 107 Å². The van der Waals surface area contributed by atoms with E-state index in [1.165, 1.54) is 0 Å². The van der Waals surface area contributed by atoms with Gasteiger partial charge in [0.05, 0.1) is 6.26 Å². The van der Waals surface area contributed by atoms with E-state index >= 15 is 0 Å². The second-order valence-corrected chi connectivity index (χ2v) is 5.03. The minimum absolute atomic E-state index is 0.582. The number of nitrogens with zero attached hydrogens (tertiary/aromatic N) is 1. The summed E-state index contributed by atoms with van der Waals surface area (Å²) >= 11 is 1.84. The van der Waals surface area contributed by atoms with E-state index in [2.05, 4.69) is 28.8 Å². The van der Waals surface area contributed by atoms with Gasteiger partial charge in [0.1, 0.15) is 5.76 Å². The van der Waals surface area contributed by atoms with Crippen LogP contribution < -0.4 is 10.6 Å². The lowest BCUT2D eigenvalue weighted by atomic mass is 10.3. The van der Waals surface area contributed by atoms with E-state index in [0.717, 1.165) is 31.2 Å². The molecule has 0 radical (unpaired) electrons. The molecule has 0 saturated heterocycles. The lowest BCUT2D eigenvalue weighted by Gasteiger charge is -2.14. The van der Waals surface area contributed by atoms with Gasteiger partial charge in [0.2, 0.25) is 0 Å². The van der Waals surface area contributed by atoms with E-state index in [0.29, 0.717) is 5.25 Å². The van der Waals surface area contributed by atoms with E-state index in [1.54, 1.807) is 13.3 Å². The summed E-state index contributed by atoms with van der Waals surface area (Å²) in [6.07, 6.45) is 4.67. The zero-order valence-electron chi connectivity index (χ0n) is 10.7. The Bertz CT molecular complexity index is 325. The Hall–Kier alpha value is -1.10. The number of thioether (sulfide) groups is 1. The summed E-state index contributed by atoms with van der Waals surface area (Å²) in [6.45, 7) is 3.93. The number of aliphatic imine (C=N–C) groups is 1. The number of nitrogens with one attached hydrogen (secondary N) is 2. The van der Waals surface area contributed by atoms with E-state index in [1.807, 2.05) is 23.9 Å². The third-order valence-electron chi connectivity index (χ3n) is 2.43. The van der Waals surface area contributed by atoms with Gasteiger partial charge in [-0.15, -0.1) is 0 Å². The van der Waals surface area contributed by atoms with Crippen LogP contribution in [-0.2, 0) is 6.42 Å². The lowest BCUT2D eigenvalue weighted by Crippen LogP contribution is -2.40. The number of furan rings is 1. The summed E-state index contributed by atoms with van der Waals surface area (Å²) in [5, 5.41) is 7.13. The molecule has 0 aromatic carbocycles. The fourth-order valence-corrected chi connectivity index (χ4v) is 1.55. The molecule has 96 valence electrons. The van der Waals surface area contributed by atoms with Gasteiger partial charge < -0.3 is 15.1 Å². The minimum Gasteiger partial charge on any atom is -0.469 e. The van der Waals surface area contributed by atoms with Gasteiger partial charge in [0.15, 0.2) is 5.96 Å². The maximum atomic E-state index is 5.26. The average molecular weight is 255 g/mol. The zero-order chi connectivity index (χ0) is 12.5. The van der Waals surface area contributed by atoms with Gasteiger partial charge >= 0.3 is 0 Å². The zero-order valence-corrected chi connectivity index (χ0v) is 11.5. The number of hydrogen-bond acceptors (Lipinski definition) is 3. The molecule has 0 aliphatic carbocycles. The van der Waals surface area contributed by atoms with Gasteiger partial charge in [-0.3, -0.25) is 4.99 Å². The molecule has 0 fully saturated rings. The Kier molecular flexibility index (Phi) is 6.62. The maximum absolute atomic E-state index is 5.26. The Morgan fingerprint density at radius 2 is 2.35 bits per heavy atom. The molecule has 1 aromatic heterocycles. The van der Waals surface area contributed by atoms with Crippen LogP contribution in [-0.4, -0.2) is 37.6 Å². The van der Waals surface area contributed by atoms with Crippen LogP contribution in [0.15, 0.2) is 27.8 Å². The van der Waals surface area contributed by atoms with E-state index in [-0.39, 0.29) is 0 Å². The Morgan fingerprint density at radius 3 is 2.94 bits per heavy atom. The number of rotatable bonds is 6. The van der Waals surface area contributed by atoms with Crippen LogP contribution >= 0.6 is 11.8 Å². The standard InChI is InChI=1S/C12H21N3OS/c1-10(17-3)9-15-12(13-2)14-7-6-11-5-4-8-16-11/h4-5,8,10H,6-7,9H2,1-3H3,(H2,13,14,15). The van der Waals surface area contributed by atoms with Crippen LogP contribution in [0.4, 0.5) is 0 Å². The van der Waals surface area contributed by atoms with Gasteiger partial charge in [-0.2, -0.15) is 11.8 Å². The van der Waals surface area contributed by atoms with Crippen molar-refractivity contribution in [1.29, 1.82) is 0 Å². The lowest BCUT2D eigenvalue weighted by molar-refractivity contribution is 0.507. The van der Waals surface area contributed by atoms with Gasteiger partial charge in [0, 0.05) is 31.8 Å². The predicted molar refractivity (Wildman–Crippen MR) is 74.8 cm³/mol. The molecule has 5 heteroatoms. The monoisotopic (exact) mass is 255 g/mol.